The summed E-state index contributed by atoms with van der Waals surface area (Å²) in [7, 11) is 0. The number of benzene rings is 2. The van der Waals surface area contributed by atoms with Crippen LogP contribution in [0.2, 0.25) is 0 Å². The van der Waals surface area contributed by atoms with Crippen LogP contribution in [0.4, 0.5) is 0 Å². The molecule has 0 fully saturated rings. The molecule has 0 radical (unpaired) electrons. The van der Waals surface area contributed by atoms with Crippen LogP contribution in [0.1, 0.15) is 29.3 Å². The van der Waals surface area contributed by atoms with E-state index >= 15 is 0 Å². The minimum Gasteiger partial charge on any atom is -0.421 e. The number of hydrogen-bond acceptors (Lipinski definition) is 5. The van der Waals surface area contributed by atoms with Gasteiger partial charge in [-0.25, -0.2) is 0 Å². The lowest BCUT2D eigenvalue weighted by atomic mass is 10.0. The van der Waals surface area contributed by atoms with Crippen molar-refractivity contribution in [1.82, 2.24) is 24.9 Å². The third-order valence-corrected chi connectivity index (χ3v) is 6.30. The maximum absolute atomic E-state index is 13.2. The van der Waals surface area contributed by atoms with E-state index in [0.29, 0.717) is 31.3 Å². The van der Waals surface area contributed by atoms with E-state index < -0.39 is 0 Å². The predicted molar refractivity (Wildman–Crippen MR) is 131 cm³/mol. The molecule has 0 saturated heterocycles. The molecule has 2 aromatic carbocycles. The smallest absolute Gasteiger partial charge is 0.244 e. The van der Waals surface area contributed by atoms with Gasteiger partial charge in [-0.15, -0.1) is 10.2 Å². The largest absolute Gasteiger partial charge is 0.421 e. The summed E-state index contributed by atoms with van der Waals surface area (Å²) in [6.07, 6.45) is 2.68. The van der Waals surface area contributed by atoms with E-state index in [9.17, 15) is 4.79 Å². The first-order valence-corrected chi connectivity index (χ1v) is 11.5. The van der Waals surface area contributed by atoms with Crippen molar-refractivity contribution in [3.8, 4) is 22.5 Å². The van der Waals surface area contributed by atoms with Gasteiger partial charge in [0.25, 0.3) is 0 Å². The quantitative estimate of drug-likeness (QED) is 0.432. The Labute approximate surface area is 198 Å². The van der Waals surface area contributed by atoms with E-state index in [-0.39, 0.29) is 12.5 Å². The van der Waals surface area contributed by atoms with Crippen molar-refractivity contribution in [3.05, 3.63) is 83.6 Å². The summed E-state index contributed by atoms with van der Waals surface area (Å²) >= 11 is 0. The highest BCUT2D eigenvalue weighted by Gasteiger charge is 2.22. The second kappa shape index (κ2) is 9.09. The van der Waals surface area contributed by atoms with E-state index in [0.717, 1.165) is 28.1 Å². The molecule has 4 aromatic rings. The molecule has 0 aliphatic carbocycles. The van der Waals surface area contributed by atoms with Gasteiger partial charge in [0.15, 0.2) is 0 Å². The Bertz CT molecular complexity index is 1370. The molecule has 7 heteroatoms. The first-order chi connectivity index (χ1) is 16.5. The molecule has 0 bridgehead atoms. The van der Waals surface area contributed by atoms with Crippen LogP contribution in [-0.4, -0.2) is 43.9 Å². The highest BCUT2D eigenvalue weighted by molar-refractivity contribution is 5.79. The van der Waals surface area contributed by atoms with Crippen LogP contribution >= 0.6 is 0 Å². The van der Waals surface area contributed by atoms with Gasteiger partial charge < -0.3 is 9.32 Å². The number of carbonyl (C=O) groups excluding carboxylic acids is 1. The van der Waals surface area contributed by atoms with Crippen molar-refractivity contribution < 1.29 is 9.21 Å². The topological polar surface area (TPSA) is 77.1 Å². The van der Waals surface area contributed by atoms with E-state index in [1.807, 2.05) is 46.0 Å². The zero-order chi connectivity index (χ0) is 23.7. The van der Waals surface area contributed by atoms with Crippen molar-refractivity contribution in [2.45, 2.75) is 33.7 Å². The fourth-order valence-corrected chi connectivity index (χ4v) is 4.16. The molecule has 5 rings (SSSR count). The Morgan fingerprint density at radius 1 is 0.971 bits per heavy atom. The van der Waals surface area contributed by atoms with Gasteiger partial charge >= 0.3 is 0 Å². The number of hydrogen-bond donors (Lipinski definition) is 0. The molecular weight excluding hydrogens is 426 g/mol. The molecule has 7 nitrogen and oxygen atoms in total. The van der Waals surface area contributed by atoms with Gasteiger partial charge in [-0.05, 0) is 49.1 Å². The average molecular weight is 454 g/mol. The summed E-state index contributed by atoms with van der Waals surface area (Å²) in [4.78, 5) is 15.1. The van der Waals surface area contributed by atoms with Crippen molar-refractivity contribution in [2.75, 3.05) is 13.1 Å². The fraction of sp³-hybridized carbons (Fsp3) is 0.259. The summed E-state index contributed by atoms with van der Waals surface area (Å²) < 4.78 is 7.35. The molecule has 1 aliphatic heterocycles. The van der Waals surface area contributed by atoms with Crippen molar-refractivity contribution in [1.29, 1.82) is 0 Å². The molecule has 0 saturated carbocycles. The van der Waals surface area contributed by atoms with Gasteiger partial charge in [0.1, 0.15) is 6.54 Å². The summed E-state index contributed by atoms with van der Waals surface area (Å²) in [6, 6.07) is 18.5. The predicted octanol–water partition coefficient (Wildman–Crippen LogP) is 4.84. The Kier molecular flexibility index (Phi) is 5.84. The first-order valence-electron chi connectivity index (χ1n) is 11.5. The lowest BCUT2D eigenvalue weighted by molar-refractivity contribution is -0.131. The van der Waals surface area contributed by atoms with E-state index in [1.54, 1.807) is 6.92 Å². The molecule has 3 heterocycles. The molecular formula is C27H27N5O2. The third kappa shape index (κ3) is 4.41. The molecule has 34 heavy (non-hydrogen) atoms. The normalized spacial score (nSPS) is 13.7. The van der Waals surface area contributed by atoms with Crippen LogP contribution in [-0.2, 0) is 11.3 Å². The number of aromatic nitrogens is 4. The Hall–Kier alpha value is -4.00. The number of rotatable bonds is 5. The lowest BCUT2D eigenvalue weighted by Gasteiger charge is -2.25. The molecule has 0 unspecified atom stereocenters. The summed E-state index contributed by atoms with van der Waals surface area (Å²) in [6.45, 7) is 7.28. The molecule has 0 N–H and O–H groups in total. The Balaban J connectivity index is 1.40. The number of nitrogens with zero attached hydrogens (tertiary/aromatic N) is 5. The standard InChI is InChI=1S/C27H27N5O2/c1-18-9-10-23(15-19(18)2)24-16-25(21-7-5-4-6-8-21)32(30-24)17-26(33)31-13-11-22(12-14-31)27-29-28-20(3)34-27/h4-11,15-16H,12-14,17H2,1-3H3. The van der Waals surface area contributed by atoms with Gasteiger partial charge in [0.2, 0.25) is 17.7 Å². The van der Waals surface area contributed by atoms with Crippen LogP contribution in [0.25, 0.3) is 28.1 Å². The molecule has 2 aromatic heterocycles. The molecule has 1 amide bonds. The molecule has 0 atom stereocenters. The molecule has 1 aliphatic rings. The van der Waals surface area contributed by atoms with Gasteiger partial charge in [0, 0.05) is 31.1 Å². The van der Waals surface area contributed by atoms with Crippen molar-refractivity contribution >= 4 is 11.5 Å². The number of aryl methyl sites for hydroxylation is 3. The van der Waals surface area contributed by atoms with Gasteiger partial charge in [-0.2, -0.15) is 5.10 Å². The highest BCUT2D eigenvalue weighted by Crippen LogP contribution is 2.28. The highest BCUT2D eigenvalue weighted by atomic mass is 16.4. The zero-order valence-corrected chi connectivity index (χ0v) is 19.7. The van der Waals surface area contributed by atoms with E-state index in [2.05, 4.69) is 48.3 Å². The van der Waals surface area contributed by atoms with Crippen LogP contribution in [0.5, 0.6) is 0 Å². The Morgan fingerprint density at radius 2 is 1.79 bits per heavy atom. The van der Waals surface area contributed by atoms with Crippen LogP contribution < -0.4 is 0 Å². The second-order valence-corrected chi connectivity index (χ2v) is 8.68. The van der Waals surface area contributed by atoms with Crippen molar-refractivity contribution in [2.24, 2.45) is 0 Å². The van der Waals surface area contributed by atoms with Gasteiger partial charge in [-0.1, -0.05) is 48.5 Å². The average Bonchev–Trinajstić information content (AvgIpc) is 3.48. The number of amides is 1. The number of carbonyl (C=O) groups is 1. The summed E-state index contributed by atoms with van der Waals surface area (Å²) in [5.74, 6) is 1.12. The van der Waals surface area contributed by atoms with E-state index in [1.165, 1.54) is 11.1 Å². The monoisotopic (exact) mass is 453 g/mol. The Morgan fingerprint density at radius 3 is 2.47 bits per heavy atom. The van der Waals surface area contributed by atoms with Crippen LogP contribution in [0.3, 0.4) is 0 Å². The summed E-state index contributed by atoms with van der Waals surface area (Å²) in [5.41, 5.74) is 7.33. The van der Waals surface area contributed by atoms with E-state index in [4.69, 9.17) is 9.52 Å². The van der Waals surface area contributed by atoms with Crippen LogP contribution in [0, 0.1) is 20.8 Å². The maximum Gasteiger partial charge on any atom is 0.244 e. The maximum atomic E-state index is 13.2. The SMILES string of the molecule is Cc1nnc(C2=CCN(C(=O)Cn3nc(-c4ccc(C)c(C)c4)cc3-c3ccccc3)CC2)o1. The zero-order valence-electron chi connectivity index (χ0n) is 19.7. The summed E-state index contributed by atoms with van der Waals surface area (Å²) in [5, 5.41) is 12.8. The fourth-order valence-electron chi connectivity index (χ4n) is 4.16. The van der Waals surface area contributed by atoms with Gasteiger partial charge in [0.05, 0.1) is 11.4 Å². The first kappa shape index (κ1) is 21.8. The lowest BCUT2D eigenvalue weighted by Crippen LogP contribution is -2.37. The second-order valence-electron chi connectivity index (χ2n) is 8.68. The minimum absolute atomic E-state index is 0.0314. The minimum atomic E-state index is 0.0314. The van der Waals surface area contributed by atoms with Crippen LogP contribution in [0.15, 0.2) is 65.1 Å². The molecule has 0 spiro atoms. The third-order valence-electron chi connectivity index (χ3n) is 6.30. The van der Waals surface area contributed by atoms with Gasteiger partial charge in [-0.3, -0.25) is 9.48 Å². The molecule has 172 valence electrons. The van der Waals surface area contributed by atoms with Crippen molar-refractivity contribution in [3.63, 3.8) is 0 Å².